The van der Waals surface area contributed by atoms with E-state index >= 15 is 0 Å². The Morgan fingerprint density at radius 2 is 2.33 bits per heavy atom. The first-order valence-electron chi connectivity index (χ1n) is 3.13. The van der Waals surface area contributed by atoms with Crippen LogP contribution in [0.5, 0.6) is 0 Å². The average molecular weight is 120 g/mol. The maximum absolute atomic E-state index is 5.07. The van der Waals surface area contributed by atoms with Crippen LogP contribution in [0.3, 0.4) is 0 Å². The predicted octanol–water partition coefficient (Wildman–Crippen LogP) is 2.53. The summed E-state index contributed by atoms with van der Waals surface area (Å²) in [6, 6.07) is 0. The topological polar surface area (TPSA) is 0 Å². The number of hydrogen-bond acceptors (Lipinski definition) is 0. The summed E-state index contributed by atoms with van der Waals surface area (Å²) in [4.78, 5) is 0. The van der Waals surface area contributed by atoms with Crippen LogP contribution in [0.25, 0.3) is 0 Å². The van der Waals surface area contributed by atoms with Gasteiger partial charge in [0.05, 0.1) is 0 Å². The molecule has 0 spiro atoms. The average Bonchev–Trinajstić information content (AvgIpc) is 1.88. The molecule has 0 aliphatic carbocycles. The minimum Gasteiger partial charge on any atom is -0.115 e. The fourth-order valence-corrected chi connectivity index (χ4v) is 0.589. The first-order chi connectivity index (χ1) is 4.35. The molecular formula is C9H12. The highest BCUT2D eigenvalue weighted by Gasteiger charge is 1.81. The van der Waals surface area contributed by atoms with Crippen molar-refractivity contribution in [1.82, 2.24) is 0 Å². The minimum atomic E-state index is 1.01. The summed E-state index contributed by atoms with van der Waals surface area (Å²) in [6.07, 6.45) is 11.9. The highest BCUT2D eigenvalue weighted by atomic mass is 13.9. The number of hydrogen-bond donors (Lipinski definition) is 0. The Balaban J connectivity index is 4.02. The summed E-state index contributed by atoms with van der Waals surface area (Å²) in [7, 11) is 0. The zero-order valence-electron chi connectivity index (χ0n) is 6.02. The maximum atomic E-state index is 5.07. The summed E-state index contributed by atoms with van der Waals surface area (Å²) >= 11 is 0. The molecule has 0 heteroatoms. The van der Waals surface area contributed by atoms with Gasteiger partial charge in [0.25, 0.3) is 0 Å². The van der Waals surface area contributed by atoms with E-state index in [4.69, 9.17) is 6.42 Å². The Labute approximate surface area is 57.3 Å². The van der Waals surface area contributed by atoms with Crippen LogP contribution >= 0.6 is 0 Å². The van der Waals surface area contributed by atoms with E-state index in [9.17, 15) is 0 Å². The van der Waals surface area contributed by atoms with Crippen molar-refractivity contribution in [1.29, 1.82) is 0 Å². The molecule has 0 radical (unpaired) electrons. The highest BCUT2D eigenvalue weighted by Crippen LogP contribution is 2.00. The van der Waals surface area contributed by atoms with Crippen LogP contribution in [0.2, 0.25) is 0 Å². The van der Waals surface area contributed by atoms with Gasteiger partial charge in [-0.15, -0.1) is 6.42 Å². The van der Waals surface area contributed by atoms with Crippen LogP contribution in [0, 0.1) is 12.3 Å². The Bertz CT molecular complexity index is 153. The molecular weight excluding hydrogens is 108 g/mol. The van der Waals surface area contributed by atoms with E-state index in [0.29, 0.717) is 0 Å². The Kier molecular flexibility index (Phi) is 4.63. The zero-order chi connectivity index (χ0) is 7.11. The van der Waals surface area contributed by atoms with Crippen LogP contribution in [-0.4, -0.2) is 0 Å². The maximum Gasteiger partial charge on any atom is -0.00897 e. The van der Waals surface area contributed by atoms with Crippen molar-refractivity contribution in [3.05, 3.63) is 23.8 Å². The molecule has 0 aromatic rings. The second-order valence-electron chi connectivity index (χ2n) is 1.74. The number of terminal acetylenes is 1. The van der Waals surface area contributed by atoms with Gasteiger partial charge < -0.3 is 0 Å². The van der Waals surface area contributed by atoms with E-state index in [-0.39, 0.29) is 0 Å². The van der Waals surface area contributed by atoms with Crippen LogP contribution in [0.1, 0.15) is 20.3 Å². The fraction of sp³-hybridized carbons (Fsp3) is 0.333. The standard InChI is InChI=1S/C9H12/c1-4-7-9(6-3)8-5-2/h1,5,7-8H,6H2,2-3H3/b8-5-,9-7-. The molecule has 0 saturated carbocycles. The summed E-state index contributed by atoms with van der Waals surface area (Å²) in [5, 5.41) is 0. The van der Waals surface area contributed by atoms with E-state index in [1.54, 1.807) is 6.08 Å². The summed E-state index contributed by atoms with van der Waals surface area (Å²) in [5.41, 5.74) is 1.21. The molecule has 0 saturated heterocycles. The van der Waals surface area contributed by atoms with E-state index in [0.717, 1.165) is 6.42 Å². The molecule has 0 rings (SSSR count). The van der Waals surface area contributed by atoms with Gasteiger partial charge in [-0.2, -0.15) is 0 Å². The van der Waals surface area contributed by atoms with Gasteiger partial charge in [-0.25, -0.2) is 0 Å². The molecule has 0 unspecified atom stereocenters. The summed E-state index contributed by atoms with van der Waals surface area (Å²) < 4.78 is 0. The van der Waals surface area contributed by atoms with Crippen molar-refractivity contribution >= 4 is 0 Å². The molecule has 0 aliphatic heterocycles. The lowest BCUT2D eigenvalue weighted by Crippen LogP contribution is -1.70. The largest absolute Gasteiger partial charge is 0.115 e. The molecule has 0 fully saturated rings. The van der Waals surface area contributed by atoms with Crippen molar-refractivity contribution in [2.45, 2.75) is 20.3 Å². The SMILES string of the molecule is C#C/C=C(\C=C/C)CC. The van der Waals surface area contributed by atoms with Gasteiger partial charge in [0.2, 0.25) is 0 Å². The second-order valence-corrected chi connectivity index (χ2v) is 1.74. The lowest BCUT2D eigenvalue weighted by Gasteiger charge is -1.89. The molecule has 9 heavy (non-hydrogen) atoms. The van der Waals surface area contributed by atoms with Gasteiger partial charge in [0.1, 0.15) is 0 Å². The van der Waals surface area contributed by atoms with Crippen molar-refractivity contribution < 1.29 is 0 Å². The molecule has 0 nitrogen and oxygen atoms in total. The minimum absolute atomic E-state index is 1.01. The van der Waals surface area contributed by atoms with E-state index < -0.39 is 0 Å². The third-order valence-electron chi connectivity index (χ3n) is 1.06. The van der Waals surface area contributed by atoms with Gasteiger partial charge in [0.15, 0.2) is 0 Å². The highest BCUT2D eigenvalue weighted by molar-refractivity contribution is 5.26. The van der Waals surface area contributed by atoms with E-state index in [1.807, 2.05) is 19.1 Å². The van der Waals surface area contributed by atoms with Crippen LogP contribution < -0.4 is 0 Å². The first-order valence-corrected chi connectivity index (χ1v) is 3.13. The summed E-state index contributed by atoms with van der Waals surface area (Å²) in [5.74, 6) is 2.49. The van der Waals surface area contributed by atoms with Crippen molar-refractivity contribution in [2.75, 3.05) is 0 Å². The molecule has 0 N–H and O–H groups in total. The van der Waals surface area contributed by atoms with Crippen molar-refractivity contribution in [2.24, 2.45) is 0 Å². The monoisotopic (exact) mass is 120 g/mol. The first kappa shape index (κ1) is 8.04. The number of rotatable bonds is 2. The van der Waals surface area contributed by atoms with Gasteiger partial charge in [-0.05, 0) is 25.0 Å². The molecule has 48 valence electrons. The normalized spacial score (nSPS) is 11.9. The van der Waals surface area contributed by atoms with Crippen LogP contribution in [-0.2, 0) is 0 Å². The van der Waals surface area contributed by atoms with Gasteiger partial charge >= 0.3 is 0 Å². The third-order valence-corrected chi connectivity index (χ3v) is 1.06. The molecule has 0 amide bonds. The molecule has 0 bridgehead atoms. The molecule has 0 aliphatic rings. The molecule has 0 aromatic heterocycles. The molecule has 0 heterocycles. The Hall–Kier alpha value is -0.960. The molecule has 0 atom stereocenters. The van der Waals surface area contributed by atoms with Crippen LogP contribution in [0.4, 0.5) is 0 Å². The fourth-order valence-electron chi connectivity index (χ4n) is 0.589. The smallest absolute Gasteiger partial charge is 0.00897 e. The van der Waals surface area contributed by atoms with Gasteiger partial charge in [0, 0.05) is 0 Å². The number of allylic oxidation sites excluding steroid dienone is 4. The Morgan fingerprint density at radius 3 is 2.67 bits per heavy atom. The predicted molar refractivity (Wildman–Crippen MR) is 42.0 cm³/mol. The van der Waals surface area contributed by atoms with Gasteiger partial charge in [-0.1, -0.05) is 25.0 Å². The van der Waals surface area contributed by atoms with E-state index in [2.05, 4.69) is 12.8 Å². The van der Waals surface area contributed by atoms with Crippen LogP contribution in [0.15, 0.2) is 23.8 Å². The lowest BCUT2D eigenvalue weighted by atomic mass is 10.2. The second kappa shape index (κ2) is 5.18. The quantitative estimate of drug-likeness (QED) is 0.388. The zero-order valence-corrected chi connectivity index (χ0v) is 6.02. The summed E-state index contributed by atoms with van der Waals surface area (Å²) in [6.45, 7) is 4.07. The molecule has 0 aromatic carbocycles. The van der Waals surface area contributed by atoms with Crippen molar-refractivity contribution in [3.8, 4) is 12.3 Å². The van der Waals surface area contributed by atoms with Gasteiger partial charge in [-0.3, -0.25) is 0 Å². The van der Waals surface area contributed by atoms with Crippen molar-refractivity contribution in [3.63, 3.8) is 0 Å². The van der Waals surface area contributed by atoms with E-state index in [1.165, 1.54) is 5.57 Å². The third kappa shape index (κ3) is 3.61. The lowest BCUT2D eigenvalue weighted by molar-refractivity contribution is 1.15. The Morgan fingerprint density at radius 1 is 1.67 bits per heavy atom.